The summed E-state index contributed by atoms with van der Waals surface area (Å²) in [6.45, 7) is 7.07. The van der Waals surface area contributed by atoms with Crippen molar-refractivity contribution < 1.29 is 4.39 Å². The SMILES string of the molecule is CCC(C)C1CNC2(CCCCC2)CN1CCF. The van der Waals surface area contributed by atoms with Crippen LogP contribution in [0.15, 0.2) is 0 Å². The summed E-state index contributed by atoms with van der Waals surface area (Å²) in [6.07, 6.45) is 7.80. The van der Waals surface area contributed by atoms with Crippen LogP contribution in [0.1, 0.15) is 52.4 Å². The number of rotatable bonds is 4. The number of hydrogen-bond acceptors (Lipinski definition) is 2. The molecule has 2 rings (SSSR count). The summed E-state index contributed by atoms with van der Waals surface area (Å²) < 4.78 is 12.8. The largest absolute Gasteiger partial charge is 0.308 e. The predicted molar refractivity (Wildman–Crippen MR) is 74.6 cm³/mol. The molecule has 1 spiro atoms. The molecule has 2 fully saturated rings. The van der Waals surface area contributed by atoms with Gasteiger partial charge in [-0.05, 0) is 18.8 Å². The lowest BCUT2D eigenvalue weighted by molar-refractivity contribution is 0.0288. The van der Waals surface area contributed by atoms with Gasteiger partial charge in [0.2, 0.25) is 0 Å². The Morgan fingerprint density at radius 3 is 2.67 bits per heavy atom. The van der Waals surface area contributed by atoms with Crippen molar-refractivity contribution in [2.75, 3.05) is 26.3 Å². The lowest BCUT2D eigenvalue weighted by atomic mass is 9.78. The average Bonchev–Trinajstić information content (AvgIpc) is 2.39. The summed E-state index contributed by atoms with van der Waals surface area (Å²) in [6, 6.07) is 0.526. The number of alkyl halides is 1. The summed E-state index contributed by atoms with van der Waals surface area (Å²) in [4.78, 5) is 2.43. The molecule has 2 nitrogen and oxygen atoms in total. The lowest BCUT2D eigenvalue weighted by Crippen LogP contribution is -2.66. The third kappa shape index (κ3) is 3.05. The second-order valence-electron chi connectivity index (χ2n) is 6.33. The maximum absolute atomic E-state index is 12.8. The standard InChI is InChI=1S/C15H29FN2/c1-3-13(2)14-11-17-15(7-5-4-6-8-15)12-18(14)10-9-16/h13-14,17H,3-12H2,1-2H3. The monoisotopic (exact) mass is 256 g/mol. The van der Waals surface area contributed by atoms with Crippen molar-refractivity contribution in [1.82, 2.24) is 10.2 Å². The molecule has 1 N–H and O–H groups in total. The Kier molecular flexibility index (Phi) is 5.02. The Balaban J connectivity index is 2.02. The molecule has 1 saturated carbocycles. The zero-order chi connectivity index (χ0) is 13.0. The van der Waals surface area contributed by atoms with E-state index in [2.05, 4.69) is 24.1 Å². The summed E-state index contributed by atoms with van der Waals surface area (Å²) in [5.41, 5.74) is 0.303. The molecule has 0 amide bonds. The quantitative estimate of drug-likeness (QED) is 0.832. The summed E-state index contributed by atoms with van der Waals surface area (Å²) in [5, 5.41) is 3.82. The molecule has 1 heterocycles. The van der Waals surface area contributed by atoms with Crippen LogP contribution < -0.4 is 5.32 Å². The van der Waals surface area contributed by atoms with Gasteiger partial charge >= 0.3 is 0 Å². The number of hydrogen-bond donors (Lipinski definition) is 1. The Hall–Kier alpha value is -0.150. The van der Waals surface area contributed by atoms with Gasteiger partial charge in [0.25, 0.3) is 0 Å². The van der Waals surface area contributed by atoms with Gasteiger partial charge in [-0.3, -0.25) is 4.90 Å². The fourth-order valence-electron chi connectivity index (χ4n) is 3.76. The van der Waals surface area contributed by atoms with E-state index in [9.17, 15) is 4.39 Å². The van der Waals surface area contributed by atoms with E-state index < -0.39 is 0 Å². The van der Waals surface area contributed by atoms with Gasteiger partial charge in [0, 0.05) is 31.2 Å². The Bertz CT molecular complexity index is 251. The van der Waals surface area contributed by atoms with Crippen LogP contribution >= 0.6 is 0 Å². The molecule has 0 bridgehead atoms. The molecule has 0 aromatic rings. The molecule has 2 atom stereocenters. The third-order valence-electron chi connectivity index (χ3n) is 5.14. The molecule has 2 aliphatic rings. The van der Waals surface area contributed by atoms with Crippen LogP contribution in [0.5, 0.6) is 0 Å². The molecule has 1 aliphatic carbocycles. The van der Waals surface area contributed by atoms with Gasteiger partial charge in [-0.1, -0.05) is 39.5 Å². The highest BCUT2D eigenvalue weighted by Gasteiger charge is 2.40. The van der Waals surface area contributed by atoms with Crippen molar-refractivity contribution >= 4 is 0 Å². The maximum Gasteiger partial charge on any atom is 0.102 e. The van der Waals surface area contributed by atoms with Crippen molar-refractivity contribution in [2.45, 2.75) is 64.0 Å². The van der Waals surface area contributed by atoms with Crippen molar-refractivity contribution in [3.05, 3.63) is 0 Å². The lowest BCUT2D eigenvalue weighted by Gasteiger charge is -2.51. The van der Waals surface area contributed by atoms with E-state index in [-0.39, 0.29) is 6.67 Å². The highest BCUT2D eigenvalue weighted by Crippen LogP contribution is 2.33. The van der Waals surface area contributed by atoms with Gasteiger partial charge in [-0.2, -0.15) is 0 Å². The van der Waals surface area contributed by atoms with E-state index in [4.69, 9.17) is 0 Å². The molecule has 1 aliphatic heterocycles. The molecule has 3 heteroatoms. The Labute approximate surface area is 111 Å². The number of nitrogens with one attached hydrogen (secondary N) is 1. The highest BCUT2D eigenvalue weighted by atomic mass is 19.1. The molecular formula is C15H29FN2. The molecule has 0 aromatic heterocycles. The molecule has 106 valence electrons. The first kappa shape index (κ1) is 14.3. The van der Waals surface area contributed by atoms with Crippen molar-refractivity contribution in [2.24, 2.45) is 5.92 Å². The van der Waals surface area contributed by atoms with E-state index >= 15 is 0 Å². The molecule has 2 unspecified atom stereocenters. The first-order chi connectivity index (χ1) is 8.71. The second kappa shape index (κ2) is 6.33. The minimum Gasteiger partial charge on any atom is -0.308 e. The summed E-state index contributed by atoms with van der Waals surface area (Å²) >= 11 is 0. The third-order valence-corrected chi connectivity index (χ3v) is 5.14. The summed E-state index contributed by atoms with van der Waals surface area (Å²) in [7, 11) is 0. The zero-order valence-electron chi connectivity index (χ0n) is 12.1. The first-order valence-corrected chi connectivity index (χ1v) is 7.76. The van der Waals surface area contributed by atoms with Gasteiger partial charge < -0.3 is 5.32 Å². The number of halogens is 1. The molecule has 18 heavy (non-hydrogen) atoms. The predicted octanol–water partition coefficient (Wildman–Crippen LogP) is 2.98. The minimum atomic E-state index is -0.205. The Morgan fingerprint density at radius 1 is 1.33 bits per heavy atom. The fourth-order valence-corrected chi connectivity index (χ4v) is 3.76. The minimum absolute atomic E-state index is 0.205. The molecular weight excluding hydrogens is 227 g/mol. The first-order valence-electron chi connectivity index (χ1n) is 7.76. The van der Waals surface area contributed by atoms with E-state index in [1.54, 1.807) is 0 Å². The Morgan fingerprint density at radius 2 is 2.06 bits per heavy atom. The topological polar surface area (TPSA) is 15.3 Å². The van der Waals surface area contributed by atoms with Crippen LogP contribution in [0.2, 0.25) is 0 Å². The van der Waals surface area contributed by atoms with E-state index in [0.29, 0.717) is 24.0 Å². The van der Waals surface area contributed by atoms with Crippen molar-refractivity contribution in [3.63, 3.8) is 0 Å². The molecule has 0 radical (unpaired) electrons. The molecule has 1 saturated heterocycles. The zero-order valence-corrected chi connectivity index (χ0v) is 12.1. The van der Waals surface area contributed by atoms with Crippen LogP contribution in [0.3, 0.4) is 0 Å². The van der Waals surface area contributed by atoms with E-state index in [1.807, 2.05) is 0 Å². The van der Waals surface area contributed by atoms with Crippen LogP contribution in [0, 0.1) is 5.92 Å². The van der Waals surface area contributed by atoms with E-state index in [0.717, 1.165) is 13.1 Å². The average molecular weight is 256 g/mol. The van der Waals surface area contributed by atoms with Crippen molar-refractivity contribution in [3.8, 4) is 0 Å². The van der Waals surface area contributed by atoms with Crippen LogP contribution in [0.25, 0.3) is 0 Å². The van der Waals surface area contributed by atoms with E-state index in [1.165, 1.54) is 38.5 Å². The second-order valence-corrected chi connectivity index (χ2v) is 6.33. The van der Waals surface area contributed by atoms with Gasteiger partial charge in [-0.25, -0.2) is 4.39 Å². The van der Waals surface area contributed by atoms with Crippen molar-refractivity contribution in [1.29, 1.82) is 0 Å². The fraction of sp³-hybridized carbons (Fsp3) is 1.00. The number of nitrogens with zero attached hydrogens (tertiary/aromatic N) is 1. The van der Waals surface area contributed by atoms with Crippen LogP contribution in [0.4, 0.5) is 4.39 Å². The normalized spacial score (nSPS) is 30.5. The van der Waals surface area contributed by atoms with Gasteiger partial charge in [0.15, 0.2) is 0 Å². The number of piperazine rings is 1. The smallest absolute Gasteiger partial charge is 0.102 e. The van der Waals surface area contributed by atoms with Gasteiger partial charge in [0.05, 0.1) is 0 Å². The van der Waals surface area contributed by atoms with Crippen LogP contribution in [-0.2, 0) is 0 Å². The molecule has 0 aromatic carbocycles. The summed E-state index contributed by atoms with van der Waals surface area (Å²) in [5.74, 6) is 0.657. The highest BCUT2D eigenvalue weighted by molar-refractivity contribution is 5.00. The van der Waals surface area contributed by atoms with Crippen LogP contribution in [-0.4, -0.2) is 42.8 Å². The van der Waals surface area contributed by atoms with Gasteiger partial charge in [-0.15, -0.1) is 0 Å². The maximum atomic E-state index is 12.8. The van der Waals surface area contributed by atoms with Gasteiger partial charge in [0.1, 0.15) is 6.67 Å².